The van der Waals surface area contributed by atoms with E-state index in [9.17, 15) is 4.79 Å². The molecule has 0 unspecified atom stereocenters. The monoisotopic (exact) mass is 385 g/mol. The Labute approximate surface area is 165 Å². The fraction of sp³-hybridized carbons (Fsp3) is 0.333. The van der Waals surface area contributed by atoms with Gasteiger partial charge >= 0.3 is 0 Å². The Kier molecular flexibility index (Phi) is 7.68. The van der Waals surface area contributed by atoms with E-state index < -0.39 is 0 Å². The second kappa shape index (κ2) is 10.2. The van der Waals surface area contributed by atoms with Crippen molar-refractivity contribution in [1.29, 1.82) is 0 Å². The van der Waals surface area contributed by atoms with E-state index in [4.69, 9.17) is 19.9 Å². The van der Waals surface area contributed by atoms with E-state index in [0.29, 0.717) is 54.0 Å². The molecular weight excluding hydrogens is 358 g/mol. The number of hydrazone groups is 1. The summed E-state index contributed by atoms with van der Waals surface area (Å²) in [6.07, 6.45) is 0. The van der Waals surface area contributed by atoms with E-state index >= 15 is 0 Å². The molecule has 0 saturated heterocycles. The number of amides is 1. The maximum atomic E-state index is 12.6. The number of rotatable bonds is 9. The van der Waals surface area contributed by atoms with Gasteiger partial charge < -0.3 is 19.9 Å². The molecule has 0 aromatic heterocycles. The van der Waals surface area contributed by atoms with Crippen molar-refractivity contribution in [2.45, 2.75) is 27.7 Å². The molecule has 0 radical (unpaired) electrons. The van der Waals surface area contributed by atoms with Crippen molar-refractivity contribution >= 4 is 17.3 Å². The normalized spacial score (nSPS) is 11.1. The number of nitrogens with zero attached hydrogens (tertiary/aromatic N) is 1. The third-order valence-electron chi connectivity index (χ3n) is 3.80. The highest BCUT2D eigenvalue weighted by molar-refractivity contribution is 6.01. The van der Waals surface area contributed by atoms with Crippen LogP contribution in [0.4, 0.5) is 5.69 Å². The molecule has 7 heteroatoms. The summed E-state index contributed by atoms with van der Waals surface area (Å²) in [6, 6.07) is 10.5. The molecule has 2 aromatic rings. The van der Waals surface area contributed by atoms with Crippen molar-refractivity contribution in [2.24, 2.45) is 5.10 Å². The maximum Gasteiger partial charge on any atom is 0.271 e. The van der Waals surface area contributed by atoms with Crippen LogP contribution in [0.3, 0.4) is 0 Å². The van der Waals surface area contributed by atoms with Crippen LogP contribution >= 0.6 is 0 Å². The number of nitrogen functional groups attached to an aromatic ring is 1. The van der Waals surface area contributed by atoms with Crippen molar-refractivity contribution in [2.75, 3.05) is 25.6 Å². The molecule has 2 aromatic carbocycles. The second-order valence-corrected chi connectivity index (χ2v) is 5.86. The van der Waals surface area contributed by atoms with E-state index in [-0.39, 0.29) is 5.91 Å². The molecule has 2 rings (SSSR count). The summed E-state index contributed by atoms with van der Waals surface area (Å²) in [5.74, 6) is 1.02. The standard InChI is InChI=1S/C21H27N3O4/c1-5-26-18-12-16(13-19(27-6-2)20(18)28-7-3)21(25)24-23-14(4)15-9-8-10-17(22)11-15/h8-13H,5-7,22H2,1-4H3,(H,24,25)/b23-14-. The number of benzene rings is 2. The van der Waals surface area contributed by atoms with Crippen LogP contribution < -0.4 is 25.4 Å². The van der Waals surface area contributed by atoms with Crippen LogP contribution in [0, 0.1) is 0 Å². The van der Waals surface area contributed by atoms with Crippen molar-refractivity contribution in [1.82, 2.24) is 5.43 Å². The van der Waals surface area contributed by atoms with Gasteiger partial charge in [0, 0.05) is 11.3 Å². The Bertz CT molecular complexity index is 822. The molecule has 0 aliphatic carbocycles. The minimum atomic E-state index is -0.381. The topological polar surface area (TPSA) is 95.2 Å². The quantitative estimate of drug-likeness (QED) is 0.390. The highest BCUT2D eigenvalue weighted by Crippen LogP contribution is 2.39. The number of nitrogens with two attached hydrogens (primary N) is 1. The molecule has 0 fully saturated rings. The predicted molar refractivity (Wildman–Crippen MR) is 110 cm³/mol. The Morgan fingerprint density at radius 2 is 1.57 bits per heavy atom. The Balaban J connectivity index is 2.29. The molecule has 150 valence electrons. The average molecular weight is 385 g/mol. The van der Waals surface area contributed by atoms with Gasteiger partial charge in [-0.2, -0.15) is 5.10 Å². The molecular formula is C21H27N3O4. The number of anilines is 1. The minimum Gasteiger partial charge on any atom is -0.490 e. The summed E-state index contributed by atoms with van der Waals surface area (Å²) in [7, 11) is 0. The summed E-state index contributed by atoms with van der Waals surface area (Å²) in [4.78, 5) is 12.6. The van der Waals surface area contributed by atoms with E-state index in [0.717, 1.165) is 5.56 Å². The zero-order valence-corrected chi connectivity index (χ0v) is 16.7. The summed E-state index contributed by atoms with van der Waals surface area (Å²) >= 11 is 0. The molecule has 3 N–H and O–H groups in total. The number of ether oxygens (including phenoxy) is 3. The molecule has 0 aliphatic rings. The van der Waals surface area contributed by atoms with Gasteiger partial charge in [0.1, 0.15) is 0 Å². The SMILES string of the molecule is CCOc1cc(C(=O)N/N=C(/C)c2cccc(N)c2)cc(OCC)c1OCC. The lowest BCUT2D eigenvalue weighted by molar-refractivity contribution is 0.0953. The van der Waals surface area contributed by atoms with Gasteiger partial charge in [0.05, 0.1) is 25.5 Å². The fourth-order valence-corrected chi connectivity index (χ4v) is 2.55. The highest BCUT2D eigenvalue weighted by Gasteiger charge is 2.18. The summed E-state index contributed by atoms with van der Waals surface area (Å²) in [6.45, 7) is 8.72. The molecule has 1 amide bonds. The first-order valence-electron chi connectivity index (χ1n) is 9.27. The maximum absolute atomic E-state index is 12.6. The van der Waals surface area contributed by atoms with Crippen molar-refractivity contribution in [3.05, 3.63) is 47.5 Å². The van der Waals surface area contributed by atoms with Gasteiger partial charge in [-0.1, -0.05) is 12.1 Å². The first kappa shape index (κ1) is 21.1. The molecule has 0 heterocycles. The zero-order chi connectivity index (χ0) is 20.5. The summed E-state index contributed by atoms with van der Waals surface area (Å²) < 4.78 is 16.9. The van der Waals surface area contributed by atoms with Gasteiger partial charge in [0.25, 0.3) is 5.91 Å². The van der Waals surface area contributed by atoms with Crippen LogP contribution in [-0.4, -0.2) is 31.4 Å². The molecule has 28 heavy (non-hydrogen) atoms. The molecule has 0 spiro atoms. The van der Waals surface area contributed by atoms with Gasteiger partial charge in [-0.15, -0.1) is 0 Å². The highest BCUT2D eigenvalue weighted by atomic mass is 16.5. The van der Waals surface area contributed by atoms with Crippen LogP contribution in [0.25, 0.3) is 0 Å². The van der Waals surface area contributed by atoms with Gasteiger partial charge in [-0.3, -0.25) is 4.79 Å². The Morgan fingerprint density at radius 3 is 2.11 bits per heavy atom. The molecule has 0 aliphatic heterocycles. The van der Waals surface area contributed by atoms with E-state index in [1.54, 1.807) is 31.2 Å². The largest absolute Gasteiger partial charge is 0.490 e. The number of hydrogen-bond acceptors (Lipinski definition) is 6. The van der Waals surface area contributed by atoms with Gasteiger partial charge in [-0.05, 0) is 57.5 Å². The van der Waals surface area contributed by atoms with E-state index in [2.05, 4.69) is 10.5 Å². The predicted octanol–water partition coefficient (Wildman–Crippen LogP) is 3.62. The fourth-order valence-electron chi connectivity index (χ4n) is 2.55. The first-order valence-corrected chi connectivity index (χ1v) is 9.27. The smallest absolute Gasteiger partial charge is 0.271 e. The third-order valence-corrected chi connectivity index (χ3v) is 3.80. The molecule has 7 nitrogen and oxygen atoms in total. The Hall–Kier alpha value is -3.22. The molecule has 0 saturated carbocycles. The molecule has 0 atom stereocenters. The average Bonchev–Trinajstić information content (AvgIpc) is 2.68. The lowest BCUT2D eigenvalue weighted by atomic mass is 10.1. The van der Waals surface area contributed by atoms with Crippen LogP contribution in [0.5, 0.6) is 17.2 Å². The number of hydrogen-bond donors (Lipinski definition) is 2. The minimum absolute atomic E-state index is 0.361. The summed E-state index contributed by atoms with van der Waals surface area (Å²) in [5.41, 5.74) is 10.8. The lowest BCUT2D eigenvalue weighted by Crippen LogP contribution is -2.20. The van der Waals surface area contributed by atoms with Crippen molar-refractivity contribution in [3.63, 3.8) is 0 Å². The summed E-state index contributed by atoms with van der Waals surface area (Å²) in [5, 5.41) is 4.17. The van der Waals surface area contributed by atoms with E-state index in [1.807, 2.05) is 32.9 Å². The Morgan fingerprint density at radius 1 is 0.964 bits per heavy atom. The van der Waals surface area contributed by atoms with E-state index in [1.165, 1.54) is 0 Å². The number of nitrogens with one attached hydrogen (secondary N) is 1. The number of carbonyl (C=O) groups is 1. The van der Waals surface area contributed by atoms with Crippen LogP contribution in [-0.2, 0) is 0 Å². The third kappa shape index (κ3) is 5.39. The van der Waals surface area contributed by atoms with Crippen LogP contribution in [0.1, 0.15) is 43.6 Å². The zero-order valence-electron chi connectivity index (χ0n) is 16.7. The van der Waals surface area contributed by atoms with Crippen LogP contribution in [0.2, 0.25) is 0 Å². The van der Waals surface area contributed by atoms with Crippen molar-refractivity contribution < 1.29 is 19.0 Å². The van der Waals surface area contributed by atoms with Gasteiger partial charge in [0.15, 0.2) is 11.5 Å². The lowest BCUT2D eigenvalue weighted by Gasteiger charge is -2.16. The van der Waals surface area contributed by atoms with Crippen molar-refractivity contribution in [3.8, 4) is 17.2 Å². The first-order chi connectivity index (χ1) is 13.5. The van der Waals surface area contributed by atoms with Gasteiger partial charge in [-0.25, -0.2) is 5.43 Å². The molecule has 0 bridgehead atoms. The number of carbonyl (C=O) groups excluding carboxylic acids is 1. The second-order valence-electron chi connectivity index (χ2n) is 5.86. The van der Waals surface area contributed by atoms with Crippen LogP contribution in [0.15, 0.2) is 41.5 Å². The van der Waals surface area contributed by atoms with Gasteiger partial charge in [0.2, 0.25) is 5.75 Å².